The van der Waals surface area contributed by atoms with Crippen LogP contribution in [-0.4, -0.2) is 41.5 Å². The van der Waals surface area contributed by atoms with Crippen molar-refractivity contribution in [3.05, 3.63) is 82.6 Å². The lowest BCUT2D eigenvalue weighted by atomic mass is 10.00. The van der Waals surface area contributed by atoms with Gasteiger partial charge in [-0.2, -0.15) is 0 Å². The van der Waals surface area contributed by atoms with E-state index in [4.69, 9.17) is 22.1 Å². The summed E-state index contributed by atoms with van der Waals surface area (Å²) in [6, 6.07) is 9.31. The molecule has 2 heterocycles. The summed E-state index contributed by atoms with van der Waals surface area (Å²) in [4.78, 5) is 30.7. The molecule has 0 bridgehead atoms. The van der Waals surface area contributed by atoms with Gasteiger partial charge in [-0.05, 0) is 54.7 Å². The van der Waals surface area contributed by atoms with Crippen molar-refractivity contribution in [1.82, 2.24) is 9.55 Å². The lowest BCUT2D eigenvalue weighted by molar-refractivity contribution is -0.149. The van der Waals surface area contributed by atoms with Gasteiger partial charge in [0.25, 0.3) is 0 Å². The van der Waals surface area contributed by atoms with Crippen LogP contribution < -0.4 is 10.5 Å². The van der Waals surface area contributed by atoms with E-state index in [1.165, 1.54) is 17.0 Å². The highest BCUT2D eigenvalue weighted by molar-refractivity contribution is 7.92. The summed E-state index contributed by atoms with van der Waals surface area (Å²) in [7, 11) is -3.93. The number of pyridine rings is 1. The van der Waals surface area contributed by atoms with Crippen LogP contribution in [0.5, 0.6) is 0 Å². The Morgan fingerprint density at radius 3 is 2.47 bits per heavy atom. The van der Waals surface area contributed by atoms with E-state index in [2.05, 4.69) is 9.71 Å². The fraction of sp³-hybridized carbons (Fsp3) is 0.300. The van der Waals surface area contributed by atoms with Gasteiger partial charge < -0.3 is 10.5 Å². The number of rotatable bonds is 12. The first-order valence-corrected chi connectivity index (χ1v) is 15.5. The molecule has 0 radical (unpaired) electrons. The van der Waals surface area contributed by atoms with E-state index in [0.29, 0.717) is 22.6 Å². The highest BCUT2D eigenvalue weighted by Crippen LogP contribution is 2.31. The normalized spacial score (nSPS) is 12.5. The predicted molar refractivity (Wildman–Crippen MR) is 161 cm³/mol. The third kappa shape index (κ3) is 7.38. The number of carbonyl (C=O) groups is 2. The number of nitrogens with zero attached hydrogens (tertiary/aromatic N) is 2. The van der Waals surface area contributed by atoms with E-state index >= 15 is 8.78 Å². The largest absolute Gasteiger partial charge is 0.443 e. The van der Waals surface area contributed by atoms with Crippen LogP contribution in [0, 0.1) is 17.6 Å². The molecule has 13 heteroatoms. The molecule has 2 aromatic heterocycles. The number of fused-ring (bicyclic) bond motifs is 1. The number of ketones is 1. The summed E-state index contributed by atoms with van der Waals surface area (Å²) < 4.78 is 63.9. The Kier molecular flexibility index (Phi) is 9.83. The first kappa shape index (κ1) is 32.1. The lowest BCUT2D eigenvalue weighted by Crippen LogP contribution is -2.33. The number of esters is 1. The van der Waals surface area contributed by atoms with Gasteiger partial charge >= 0.3 is 5.97 Å². The van der Waals surface area contributed by atoms with Gasteiger partial charge in [-0.1, -0.05) is 44.5 Å². The molecule has 0 amide bonds. The van der Waals surface area contributed by atoms with Gasteiger partial charge in [0.15, 0.2) is 12.5 Å². The highest BCUT2D eigenvalue weighted by Gasteiger charge is 2.27. The third-order valence-electron chi connectivity index (χ3n) is 6.57. The number of hydrogen-bond acceptors (Lipinski definition) is 7. The van der Waals surface area contributed by atoms with Gasteiger partial charge in [-0.3, -0.25) is 18.9 Å². The Labute approximate surface area is 253 Å². The molecule has 3 N–H and O–H groups in total. The Morgan fingerprint density at radius 2 is 1.81 bits per heavy atom. The number of nitrogens with one attached hydrogen (secondary N) is 1. The monoisotopic (exact) mass is 632 g/mol. The predicted octanol–water partition coefficient (Wildman–Crippen LogP) is 5.89. The average molecular weight is 633 g/mol. The van der Waals surface area contributed by atoms with Crippen LogP contribution in [0.2, 0.25) is 5.02 Å². The molecule has 0 aliphatic carbocycles. The smallest absolute Gasteiger partial charge is 0.324 e. The van der Waals surface area contributed by atoms with Crippen LogP contribution in [0.1, 0.15) is 49.5 Å². The number of anilines is 1. The van der Waals surface area contributed by atoms with Crippen molar-refractivity contribution in [2.24, 2.45) is 11.7 Å². The van der Waals surface area contributed by atoms with E-state index in [9.17, 15) is 18.0 Å². The standard InChI is InChI=1S/C30H31ClF2N4O5S/c1-4-11-43(40,41)36-25-10-9-23(32)26(27(25)33)28(38)22-15-37(16-42-30(39)24(34)12-17(2)3)29-21(22)13-19(14-35-29)18-5-7-20(31)8-6-18/h5-10,13-15,17,24,36H,4,11-12,16,34H2,1-3H3. The third-order valence-corrected chi connectivity index (χ3v) is 8.30. The Balaban J connectivity index is 1.80. The molecule has 0 saturated carbocycles. The van der Waals surface area contributed by atoms with Crippen LogP contribution in [0.3, 0.4) is 0 Å². The van der Waals surface area contributed by atoms with Gasteiger partial charge in [-0.25, -0.2) is 22.2 Å². The topological polar surface area (TPSA) is 133 Å². The fourth-order valence-electron chi connectivity index (χ4n) is 4.56. The van der Waals surface area contributed by atoms with Crippen LogP contribution in [0.15, 0.2) is 54.9 Å². The van der Waals surface area contributed by atoms with Gasteiger partial charge in [0.1, 0.15) is 17.5 Å². The van der Waals surface area contributed by atoms with Crippen molar-refractivity contribution >= 4 is 50.1 Å². The zero-order valence-corrected chi connectivity index (χ0v) is 25.3. The summed E-state index contributed by atoms with van der Waals surface area (Å²) >= 11 is 6.01. The number of ether oxygens (including phenoxy) is 1. The molecule has 9 nitrogen and oxygen atoms in total. The van der Waals surface area contributed by atoms with Crippen molar-refractivity contribution in [2.45, 2.75) is 46.4 Å². The minimum absolute atomic E-state index is 0.146. The number of nitrogens with two attached hydrogens (primary N) is 1. The number of carbonyl (C=O) groups excluding carboxylic acids is 2. The van der Waals surface area contributed by atoms with E-state index in [1.807, 2.05) is 13.8 Å². The number of halogens is 3. The summed E-state index contributed by atoms with van der Waals surface area (Å²) in [5.41, 5.74) is 5.76. The van der Waals surface area contributed by atoms with E-state index in [1.54, 1.807) is 37.3 Å². The Hall–Kier alpha value is -3.87. The zero-order valence-electron chi connectivity index (χ0n) is 23.7. The lowest BCUT2D eigenvalue weighted by Gasteiger charge is -2.14. The van der Waals surface area contributed by atoms with Crippen LogP contribution in [-0.2, 0) is 26.3 Å². The second-order valence-electron chi connectivity index (χ2n) is 10.5. The van der Waals surface area contributed by atoms with Crippen molar-refractivity contribution in [1.29, 1.82) is 0 Å². The van der Waals surface area contributed by atoms with Gasteiger partial charge in [0, 0.05) is 28.4 Å². The molecule has 228 valence electrons. The molecule has 0 fully saturated rings. The maximum absolute atomic E-state index is 15.6. The number of aromatic nitrogens is 2. The molecule has 4 rings (SSSR count). The minimum Gasteiger partial charge on any atom is -0.443 e. The SMILES string of the molecule is CCCS(=O)(=O)Nc1ccc(F)c(C(=O)c2cn(COC(=O)C(N)CC(C)C)c3ncc(-c4ccc(Cl)cc4)cc23)c1F. The second-order valence-corrected chi connectivity index (χ2v) is 12.8. The highest BCUT2D eigenvalue weighted by atomic mass is 35.5. The molecular formula is C30H31ClF2N4O5S. The minimum atomic E-state index is -3.93. The molecule has 0 aliphatic rings. The molecule has 0 aliphatic heterocycles. The molecule has 1 atom stereocenters. The maximum atomic E-state index is 15.6. The van der Waals surface area contributed by atoms with Gasteiger partial charge in [0.05, 0.1) is 22.6 Å². The maximum Gasteiger partial charge on any atom is 0.324 e. The number of hydrogen-bond donors (Lipinski definition) is 2. The van der Waals surface area contributed by atoms with Gasteiger partial charge in [0.2, 0.25) is 15.8 Å². The van der Waals surface area contributed by atoms with E-state index < -0.39 is 50.7 Å². The quantitative estimate of drug-likeness (QED) is 0.147. The van der Waals surface area contributed by atoms with Crippen molar-refractivity contribution in [3.63, 3.8) is 0 Å². The number of benzene rings is 2. The Morgan fingerprint density at radius 1 is 1.12 bits per heavy atom. The van der Waals surface area contributed by atoms with Crippen LogP contribution in [0.25, 0.3) is 22.2 Å². The summed E-state index contributed by atoms with van der Waals surface area (Å²) in [6.07, 6.45) is 3.47. The van der Waals surface area contributed by atoms with Crippen molar-refractivity contribution in [3.8, 4) is 11.1 Å². The first-order chi connectivity index (χ1) is 20.3. The van der Waals surface area contributed by atoms with Crippen molar-refractivity contribution in [2.75, 3.05) is 10.5 Å². The summed E-state index contributed by atoms with van der Waals surface area (Å²) in [5, 5.41) is 0.730. The van der Waals surface area contributed by atoms with Crippen LogP contribution in [0.4, 0.5) is 14.5 Å². The first-order valence-electron chi connectivity index (χ1n) is 13.5. The molecule has 0 saturated heterocycles. The van der Waals surface area contributed by atoms with Crippen LogP contribution >= 0.6 is 11.6 Å². The average Bonchev–Trinajstić information content (AvgIpc) is 3.31. The summed E-state index contributed by atoms with van der Waals surface area (Å²) in [6.45, 7) is 5.08. The summed E-state index contributed by atoms with van der Waals surface area (Å²) in [5.74, 6) is -4.41. The number of sulfonamides is 1. The molecular weight excluding hydrogens is 602 g/mol. The van der Waals surface area contributed by atoms with Gasteiger partial charge in [-0.15, -0.1) is 0 Å². The Bertz CT molecular complexity index is 1780. The van der Waals surface area contributed by atoms with E-state index in [0.717, 1.165) is 12.1 Å². The molecule has 2 aromatic carbocycles. The molecule has 4 aromatic rings. The fourth-order valence-corrected chi connectivity index (χ4v) is 5.81. The molecule has 0 spiro atoms. The molecule has 1 unspecified atom stereocenters. The van der Waals surface area contributed by atoms with E-state index in [-0.39, 0.29) is 41.4 Å². The zero-order chi connectivity index (χ0) is 31.5. The molecule has 43 heavy (non-hydrogen) atoms. The second kappa shape index (κ2) is 13.2. The van der Waals surface area contributed by atoms with Crippen molar-refractivity contribution < 1.29 is 31.5 Å².